The number of hydrogen-bond donors (Lipinski definition) is 0. The molecule has 1 amide bonds. The predicted octanol–water partition coefficient (Wildman–Crippen LogP) is 3.32. The molecule has 1 saturated heterocycles. The standard InChI is InChI=1S/C16H23NO/c1-5-8-13(6-2)12(3)17-11-14-9-7-10-16(14,4)15(17)18/h5-6,8,12,14H,1-2,7,9-11H2,3-4H3/b13-8+/t12?,14?,16-/m0/s1. The van der Waals surface area contributed by atoms with E-state index in [4.69, 9.17) is 0 Å². The van der Waals surface area contributed by atoms with Gasteiger partial charge in [-0.3, -0.25) is 4.79 Å². The first-order valence-electron chi connectivity index (χ1n) is 6.80. The topological polar surface area (TPSA) is 20.3 Å². The van der Waals surface area contributed by atoms with Crippen molar-refractivity contribution >= 4 is 5.91 Å². The highest BCUT2D eigenvalue weighted by Crippen LogP contribution is 2.49. The number of carbonyl (C=O) groups excluding carboxylic acids is 1. The van der Waals surface area contributed by atoms with Crippen LogP contribution in [-0.4, -0.2) is 23.4 Å². The number of carbonyl (C=O) groups is 1. The van der Waals surface area contributed by atoms with Gasteiger partial charge in [-0.05, 0) is 31.3 Å². The van der Waals surface area contributed by atoms with Crippen LogP contribution in [0.15, 0.2) is 37.0 Å². The van der Waals surface area contributed by atoms with Crippen LogP contribution in [0.25, 0.3) is 0 Å². The molecule has 0 radical (unpaired) electrons. The van der Waals surface area contributed by atoms with E-state index in [2.05, 4.69) is 27.0 Å². The maximum absolute atomic E-state index is 12.6. The summed E-state index contributed by atoms with van der Waals surface area (Å²) in [6.45, 7) is 12.7. The third-order valence-corrected chi connectivity index (χ3v) is 4.81. The molecule has 2 rings (SSSR count). The fraction of sp³-hybridized carbons (Fsp3) is 0.562. The Hall–Kier alpha value is -1.31. The number of hydrogen-bond acceptors (Lipinski definition) is 1. The zero-order valence-electron chi connectivity index (χ0n) is 11.5. The van der Waals surface area contributed by atoms with E-state index in [9.17, 15) is 4.79 Å². The van der Waals surface area contributed by atoms with E-state index in [-0.39, 0.29) is 11.5 Å². The van der Waals surface area contributed by atoms with Gasteiger partial charge >= 0.3 is 0 Å². The van der Waals surface area contributed by atoms with Gasteiger partial charge in [0.05, 0.1) is 11.5 Å². The van der Waals surface area contributed by atoms with Crippen molar-refractivity contribution in [2.24, 2.45) is 11.3 Å². The van der Waals surface area contributed by atoms with Gasteiger partial charge in [0, 0.05) is 6.54 Å². The van der Waals surface area contributed by atoms with Gasteiger partial charge in [0.2, 0.25) is 5.91 Å². The molecule has 0 spiro atoms. The van der Waals surface area contributed by atoms with Crippen LogP contribution in [-0.2, 0) is 4.79 Å². The second kappa shape index (κ2) is 4.75. The molecule has 2 heteroatoms. The normalized spacial score (nSPS) is 33.4. The molecule has 1 aliphatic heterocycles. The van der Waals surface area contributed by atoms with E-state index in [0.29, 0.717) is 11.8 Å². The number of fused-ring (bicyclic) bond motifs is 1. The van der Waals surface area contributed by atoms with Crippen LogP contribution in [0.2, 0.25) is 0 Å². The molecule has 2 nitrogen and oxygen atoms in total. The van der Waals surface area contributed by atoms with Gasteiger partial charge in [-0.1, -0.05) is 44.7 Å². The molecule has 0 aromatic carbocycles. The van der Waals surface area contributed by atoms with Gasteiger partial charge in [-0.15, -0.1) is 0 Å². The van der Waals surface area contributed by atoms with Crippen molar-refractivity contribution in [3.63, 3.8) is 0 Å². The smallest absolute Gasteiger partial charge is 0.229 e. The van der Waals surface area contributed by atoms with E-state index in [1.54, 1.807) is 6.08 Å². The van der Waals surface area contributed by atoms with Gasteiger partial charge in [-0.2, -0.15) is 0 Å². The summed E-state index contributed by atoms with van der Waals surface area (Å²) in [6.07, 6.45) is 8.98. The molecule has 3 atom stereocenters. The van der Waals surface area contributed by atoms with Crippen molar-refractivity contribution in [2.75, 3.05) is 6.54 Å². The van der Waals surface area contributed by atoms with E-state index in [1.807, 2.05) is 17.1 Å². The first kappa shape index (κ1) is 13.1. The number of nitrogens with zero attached hydrogens (tertiary/aromatic N) is 1. The van der Waals surface area contributed by atoms with Crippen molar-refractivity contribution in [3.05, 3.63) is 37.0 Å². The molecule has 0 aromatic heterocycles. The highest BCUT2D eigenvalue weighted by molar-refractivity contribution is 5.86. The van der Waals surface area contributed by atoms with Crippen LogP contribution < -0.4 is 0 Å². The number of allylic oxidation sites excluding steroid dienone is 2. The molecule has 1 aliphatic carbocycles. The Balaban J connectivity index is 2.21. The summed E-state index contributed by atoms with van der Waals surface area (Å²) in [6, 6.07) is 0.107. The molecule has 2 fully saturated rings. The molecule has 0 N–H and O–H groups in total. The molecule has 2 unspecified atom stereocenters. The second-order valence-corrected chi connectivity index (χ2v) is 5.75. The first-order valence-corrected chi connectivity index (χ1v) is 6.80. The average Bonchev–Trinajstić information content (AvgIpc) is 2.83. The van der Waals surface area contributed by atoms with E-state index < -0.39 is 0 Å². The van der Waals surface area contributed by atoms with Crippen molar-refractivity contribution in [1.29, 1.82) is 0 Å². The Bertz CT molecular complexity index is 409. The highest BCUT2D eigenvalue weighted by atomic mass is 16.2. The third-order valence-electron chi connectivity index (χ3n) is 4.81. The maximum Gasteiger partial charge on any atom is 0.229 e. The Kier molecular flexibility index (Phi) is 3.47. The van der Waals surface area contributed by atoms with Crippen LogP contribution in [0, 0.1) is 11.3 Å². The molecular formula is C16H23NO. The van der Waals surface area contributed by atoms with Gasteiger partial charge in [0.25, 0.3) is 0 Å². The summed E-state index contributed by atoms with van der Waals surface area (Å²) in [5.41, 5.74) is 0.969. The Morgan fingerprint density at radius 2 is 2.28 bits per heavy atom. The Morgan fingerprint density at radius 1 is 1.56 bits per heavy atom. The van der Waals surface area contributed by atoms with Crippen LogP contribution in [0.4, 0.5) is 0 Å². The lowest BCUT2D eigenvalue weighted by atomic mass is 9.82. The fourth-order valence-electron chi connectivity index (χ4n) is 3.49. The number of amides is 1. The SMILES string of the molecule is C=C/C=C(\C=C)C(C)N1CC2CCC[C@]2(C)C1=O. The van der Waals surface area contributed by atoms with E-state index in [0.717, 1.165) is 18.5 Å². The lowest BCUT2D eigenvalue weighted by molar-refractivity contribution is -0.136. The monoisotopic (exact) mass is 245 g/mol. The van der Waals surface area contributed by atoms with Crippen molar-refractivity contribution in [2.45, 2.75) is 39.2 Å². The average molecular weight is 245 g/mol. The minimum Gasteiger partial charge on any atom is -0.335 e. The first-order chi connectivity index (χ1) is 8.54. The fourth-order valence-corrected chi connectivity index (χ4v) is 3.49. The summed E-state index contributed by atoms with van der Waals surface area (Å²) in [5.74, 6) is 0.872. The van der Waals surface area contributed by atoms with Gasteiger partial charge in [0.1, 0.15) is 0 Å². The lowest BCUT2D eigenvalue weighted by Gasteiger charge is -2.28. The van der Waals surface area contributed by atoms with Crippen molar-refractivity contribution in [1.82, 2.24) is 4.90 Å². The summed E-state index contributed by atoms with van der Waals surface area (Å²) in [4.78, 5) is 14.6. The summed E-state index contributed by atoms with van der Waals surface area (Å²) in [7, 11) is 0. The zero-order valence-corrected chi connectivity index (χ0v) is 11.5. The van der Waals surface area contributed by atoms with Crippen LogP contribution in [0.3, 0.4) is 0 Å². The second-order valence-electron chi connectivity index (χ2n) is 5.75. The predicted molar refractivity (Wildman–Crippen MR) is 75.1 cm³/mol. The minimum absolute atomic E-state index is 0.102. The number of likely N-dealkylation sites (tertiary alicyclic amines) is 1. The summed E-state index contributed by atoms with van der Waals surface area (Å²) < 4.78 is 0. The van der Waals surface area contributed by atoms with Crippen molar-refractivity contribution in [3.8, 4) is 0 Å². The Morgan fingerprint density at radius 3 is 2.83 bits per heavy atom. The highest BCUT2D eigenvalue weighted by Gasteiger charge is 2.53. The summed E-state index contributed by atoms with van der Waals surface area (Å²) >= 11 is 0. The molecule has 1 saturated carbocycles. The molecule has 98 valence electrons. The largest absolute Gasteiger partial charge is 0.335 e. The van der Waals surface area contributed by atoms with E-state index >= 15 is 0 Å². The molecular weight excluding hydrogens is 222 g/mol. The molecule has 2 aliphatic rings. The lowest BCUT2D eigenvalue weighted by Crippen LogP contribution is -2.39. The number of rotatable bonds is 4. The zero-order chi connectivity index (χ0) is 13.3. The Labute approximate surface area is 110 Å². The van der Waals surface area contributed by atoms with Crippen LogP contribution >= 0.6 is 0 Å². The maximum atomic E-state index is 12.6. The van der Waals surface area contributed by atoms with Crippen LogP contribution in [0.5, 0.6) is 0 Å². The van der Waals surface area contributed by atoms with Crippen molar-refractivity contribution < 1.29 is 4.79 Å². The summed E-state index contributed by atoms with van der Waals surface area (Å²) in [5, 5.41) is 0. The van der Waals surface area contributed by atoms with Crippen LogP contribution in [0.1, 0.15) is 33.1 Å². The molecule has 18 heavy (non-hydrogen) atoms. The molecule has 0 bridgehead atoms. The molecule has 1 heterocycles. The third kappa shape index (κ3) is 1.84. The van der Waals surface area contributed by atoms with Gasteiger partial charge in [-0.25, -0.2) is 0 Å². The van der Waals surface area contributed by atoms with Gasteiger partial charge < -0.3 is 4.90 Å². The molecule has 0 aromatic rings. The minimum atomic E-state index is -0.102. The van der Waals surface area contributed by atoms with E-state index in [1.165, 1.54) is 12.8 Å². The quantitative estimate of drug-likeness (QED) is 0.696. The van der Waals surface area contributed by atoms with Gasteiger partial charge in [0.15, 0.2) is 0 Å².